The third kappa shape index (κ3) is 1.92. The summed E-state index contributed by atoms with van der Waals surface area (Å²) in [5.74, 6) is 0. The zero-order chi connectivity index (χ0) is 8.43. The van der Waals surface area contributed by atoms with Gasteiger partial charge in [-0.25, -0.2) is 0 Å². The highest BCUT2D eigenvalue weighted by molar-refractivity contribution is 9.10. The average Bonchev–Trinajstić information content (AvgIpc) is 2.31. The molecule has 0 aliphatic carbocycles. The molecule has 11 heavy (non-hydrogen) atoms. The largest absolute Gasteiger partial charge is 0.326 e. The predicted octanol–water partition coefficient (Wildman–Crippen LogP) is 2.79. The molecular weight excluding hydrogens is 222 g/mol. The number of hydrogen-bond donors (Lipinski definition) is 1. The highest BCUT2D eigenvalue weighted by Gasteiger charge is 2.03. The van der Waals surface area contributed by atoms with Gasteiger partial charge in [-0.05, 0) is 34.5 Å². The highest BCUT2D eigenvalue weighted by Crippen LogP contribution is 2.29. The second-order valence-electron chi connectivity index (χ2n) is 2.32. The molecule has 1 nitrogen and oxygen atoms in total. The summed E-state index contributed by atoms with van der Waals surface area (Å²) in [5, 5.41) is 0. The minimum absolute atomic E-state index is 0.534. The lowest BCUT2D eigenvalue weighted by molar-refractivity contribution is 1.28. The maximum absolute atomic E-state index is 5.46. The van der Waals surface area contributed by atoms with Crippen molar-refractivity contribution in [1.82, 2.24) is 0 Å². The van der Waals surface area contributed by atoms with E-state index in [-0.39, 0.29) is 0 Å². The Labute approximate surface area is 79.0 Å². The summed E-state index contributed by atoms with van der Waals surface area (Å²) in [6, 6.07) is 2.06. The van der Waals surface area contributed by atoms with Crippen molar-refractivity contribution in [2.45, 2.75) is 6.92 Å². The topological polar surface area (TPSA) is 26.0 Å². The van der Waals surface area contributed by atoms with Gasteiger partial charge in [0.2, 0.25) is 0 Å². The molecule has 1 aromatic rings. The van der Waals surface area contributed by atoms with E-state index in [1.54, 1.807) is 11.3 Å². The molecule has 60 valence electrons. The van der Waals surface area contributed by atoms with Gasteiger partial charge in [0.25, 0.3) is 0 Å². The molecule has 0 aliphatic heterocycles. The third-order valence-corrected chi connectivity index (χ3v) is 3.69. The van der Waals surface area contributed by atoms with E-state index in [9.17, 15) is 0 Å². The van der Waals surface area contributed by atoms with Crippen molar-refractivity contribution < 1.29 is 0 Å². The van der Waals surface area contributed by atoms with Crippen molar-refractivity contribution in [1.29, 1.82) is 0 Å². The Hall–Kier alpha value is -0.120. The summed E-state index contributed by atoms with van der Waals surface area (Å²) >= 11 is 5.16. The van der Waals surface area contributed by atoms with Crippen LogP contribution in [0.25, 0.3) is 5.57 Å². The maximum Gasteiger partial charge on any atom is 0.0323 e. The van der Waals surface area contributed by atoms with E-state index in [1.165, 1.54) is 9.75 Å². The molecule has 2 N–H and O–H groups in total. The van der Waals surface area contributed by atoms with Crippen LogP contribution in [0.3, 0.4) is 0 Å². The number of halogens is 1. The van der Waals surface area contributed by atoms with Crippen LogP contribution in [-0.4, -0.2) is 6.54 Å². The van der Waals surface area contributed by atoms with E-state index < -0.39 is 0 Å². The van der Waals surface area contributed by atoms with E-state index in [0.717, 1.165) is 10.0 Å². The molecule has 0 aliphatic rings. The van der Waals surface area contributed by atoms with Gasteiger partial charge in [-0.3, -0.25) is 0 Å². The summed E-state index contributed by atoms with van der Waals surface area (Å²) in [4.78, 5) is 2.45. The minimum Gasteiger partial charge on any atom is -0.326 e. The molecule has 0 saturated heterocycles. The SMILES string of the molecule is C=C(CN)c1cc(Br)c(C)s1. The summed E-state index contributed by atoms with van der Waals surface area (Å²) in [7, 11) is 0. The van der Waals surface area contributed by atoms with Crippen LogP contribution < -0.4 is 5.73 Å². The summed E-state index contributed by atoms with van der Waals surface area (Å²) in [6.07, 6.45) is 0. The average molecular weight is 232 g/mol. The number of hydrogen-bond acceptors (Lipinski definition) is 2. The van der Waals surface area contributed by atoms with Gasteiger partial charge in [-0.2, -0.15) is 0 Å². The summed E-state index contributed by atoms with van der Waals surface area (Å²) < 4.78 is 1.15. The molecule has 0 bridgehead atoms. The van der Waals surface area contributed by atoms with Gasteiger partial charge in [-0.1, -0.05) is 6.58 Å². The standard InChI is InChI=1S/C8H10BrNS/c1-5(4-10)8-3-7(9)6(2)11-8/h3H,1,4,10H2,2H3. The monoisotopic (exact) mass is 231 g/mol. The van der Waals surface area contributed by atoms with Crippen molar-refractivity contribution in [3.05, 3.63) is 26.9 Å². The van der Waals surface area contributed by atoms with Gasteiger partial charge in [0.15, 0.2) is 0 Å². The molecule has 1 aromatic heterocycles. The van der Waals surface area contributed by atoms with Crippen LogP contribution in [0.2, 0.25) is 0 Å². The lowest BCUT2D eigenvalue weighted by Crippen LogP contribution is -1.98. The number of nitrogens with two attached hydrogens (primary N) is 1. The summed E-state index contributed by atoms with van der Waals surface area (Å²) in [5.41, 5.74) is 6.46. The Morgan fingerprint density at radius 1 is 1.82 bits per heavy atom. The molecule has 0 spiro atoms. The molecule has 0 amide bonds. The number of rotatable bonds is 2. The molecule has 0 radical (unpaired) electrons. The summed E-state index contributed by atoms with van der Waals surface area (Å²) in [6.45, 7) is 6.47. The smallest absolute Gasteiger partial charge is 0.0323 e. The fraction of sp³-hybridized carbons (Fsp3) is 0.250. The van der Waals surface area contributed by atoms with E-state index >= 15 is 0 Å². The third-order valence-electron chi connectivity index (χ3n) is 1.45. The molecule has 0 atom stereocenters. The van der Waals surface area contributed by atoms with Crippen molar-refractivity contribution >= 4 is 32.8 Å². The van der Waals surface area contributed by atoms with Crippen LogP contribution in [-0.2, 0) is 0 Å². The fourth-order valence-corrected chi connectivity index (χ4v) is 2.25. The zero-order valence-corrected chi connectivity index (χ0v) is 8.76. The molecule has 0 fully saturated rings. The first kappa shape index (κ1) is 8.97. The molecule has 3 heteroatoms. The maximum atomic E-state index is 5.46. The van der Waals surface area contributed by atoms with Crippen molar-refractivity contribution in [3.63, 3.8) is 0 Å². The van der Waals surface area contributed by atoms with Crippen LogP contribution in [0.4, 0.5) is 0 Å². The molecular formula is C8H10BrNS. The normalized spacial score (nSPS) is 10.1. The van der Waals surface area contributed by atoms with Crippen LogP contribution in [0.15, 0.2) is 17.1 Å². The van der Waals surface area contributed by atoms with Crippen LogP contribution in [0, 0.1) is 6.92 Å². The highest BCUT2D eigenvalue weighted by atomic mass is 79.9. The number of aryl methyl sites for hydroxylation is 1. The molecule has 1 heterocycles. The Morgan fingerprint density at radius 2 is 2.45 bits per heavy atom. The van der Waals surface area contributed by atoms with E-state index in [4.69, 9.17) is 5.73 Å². The molecule has 1 rings (SSSR count). The number of thiophene rings is 1. The van der Waals surface area contributed by atoms with Gasteiger partial charge >= 0.3 is 0 Å². The van der Waals surface area contributed by atoms with Crippen molar-refractivity contribution in [2.75, 3.05) is 6.54 Å². The van der Waals surface area contributed by atoms with Gasteiger partial charge in [-0.15, -0.1) is 11.3 Å². The minimum atomic E-state index is 0.534. The first-order valence-electron chi connectivity index (χ1n) is 3.29. The second kappa shape index (κ2) is 3.52. The molecule has 0 unspecified atom stereocenters. The Bertz CT molecular complexity index is 258. The fourth-order valence-electron chi connectivity index (χ4n) is 0.735. The van der Waals surface area contributed by atoms with Crippen LogP contribution in [0.1, 0.15) is 9.75 Å². The molecule has 0 saturated carbocycles. The Morgan fingerprint density at radius 3 is 2.82 bits per heavy atom. The van der Waals surface area contributed by atoms with Gasteiger partial charge in [0, 0.05) is 20.8 Å². The van der Waals surface area contributed by atoms with Crippen LogP contribution >= 0.6 is 27.3 Å². The lowest BCUT2D eigenvalue weighted by Gasteiger charge is -1.94. The van der Waals surface area contributed by atoms with Gasteiger partial charge in [0.05, 0.1) is 0 Å². The quantitative estimate of drug-likeness (QED) is 0.833. The Kier molecular flexibility index (Phi) is 2.87. The zero-order valence-electron chi connectivity index (χ0n) is 6.36. The predicted molar refractivity (Wildman–Crippen MR) is 54.8 cm³/mol. The molecule has 0 aromatic carbocycles. The Balaban J connectivity index is 2.97. The van der Waals surface area contributed by atoms with Crippen molar-refractivity contribution in [2.24, 2.45) is 5.73 Å². The van der Waals surface area contributed by atoms with Gasteiger partial charge < -0.3 is 5.73 Å². The van der Waals surface area contributed by atoms with Crippen molar-refractivity contribution in [3.8, 4) is 0 Å². The van der Waals surface area contributed by atoms with Gasteiger partial charge in [0.1, 0.15) is 0 Å². The first-order chi connectivity index (χ1) is 5.15. The lowest BCUT2D eigenvalue weighted by atomic mass is 10.2. The van der Waals surface area contributed by atoms with Crippen LogP contribution in [0.5, 0.6) is 0 Å². The van der Waals surface area contributed by atoms with E-state index in [0.29, 0.717) is 6.54 Å². The second-order valence-corrected chi connectivity index (χ2v) is 4.43. The first-order valence-corrected chi connectivity index (χ1v) is 4.90. The van der Waals surface area contributed by atoms with E-state index in [2.05, 4.69) is 35.5 Å². The van der Waals surface area contributed by atoms with E-state index in [1.807, 2.05) is 0 Å².